The Morgan fingerprint density at radius 1 is 1.06 bits per heavy atom. The highest BCUT2D eigenvalue weighted by Crippen LogP contribution is 2.41. The van der Waals surface area contributed by atoms with Gasteiger partial charge >= 0.3 is 0 Å². The molecule has 0 aromatic heterocycles. The molecule has 1 aliphatic rings. The van der Waals surface area contributed by atoms with Crippen molar-refractivity contribution < 1.29 is 33.5 Å². The van der Waals surface area contributed by atoms with E-state index < -0.39 is 23.5 Å². The Bertz CT molecular complexity index is 1030. The Kier molecular flexibility index (Phi) is 7.15. The number of aliphatic hydroxyl groups excluding tert-OH is 1. The zero-order valence-electron chi connectivity index (χ0n) is 18.6. The van der Waals surface area contributed by atoms with Crippen LogP contribution in [0.5, 0.6) is 11.5 Å². The molecular weight excluding hydrogens is 415 g/mol. The number of methoxy groups -OCH3 is 2. The van der Waals surface area contributed by atoms with Crippen molar-refractivity contribution in [2.45, 2.75) is 12.5 Å². The van der Waals surface area contributed by atoms with Crippen LogP contribution in [0.1, 0.15) is 23.6 Å². The van der Waals surface area contributed by atoms with E-state index in [1.807, 2.05) is 14.1 Å². The van der Waals surface area contributed by atoms with E-state index in [4.69, 9.17) is 9.47 Å². The molecule has 0 aliphatic carbocycles. The Hall–Kier alpha value is -3.39. The lowest BCUT2D eigenvalue weighted by Gasteiger charge is -2.26. The van der Waals surface area contributed by atoms with Gasteiger partial charge in [0, 0.05) is 18.5 Å². The van der Waals surface area contributed by atoms with Gasteiger partial charge in [0.05, 0.1) is 46.5 Å². The SMILES string of the molecule is COc1ccc([C@H]2C(=C(O)c3ccc(F)cc3)C(=O)C(=O)N2CCC[NH+](C)C)cc1OC. The molecule has 1 atom stereocenters. The fourth-order valence-electron chi connectivity index (χ4n) is 3.85. The fraction of sp³-hybridized carbons (Fsp3) is 0.333. The van der Waals surface area contributed by atoms with Crippen molar-refractivity contribution in [3.8, 4) is 11.5 Å². The monoisotopic (exact) mass is 443 g/mol. The minimum Gasteiger partial charge on any atom is -0.507 e. The number of Topliss-reactive ketones (excluding diaryl/α,β-unsaturated/α-hetero) is 1. The zero-order chi connectivity index (χ0) is 23.4. The summed E-state index contributed by atoms with van der Waals surface area (Å²) in [6, 6.07) is 9.44. The predicted octanol–water partition coefficient (Wildman–Crippen LogP) is 1.80. The van der Waals surface area contributed by atoms with Gasteiger partial charge in [-0.2, -0.15) is 0 Å². The van der Waals surface area contributed by atoms with Crippen LogP contribution < -0.4 is 14.4 Å². The Labute approximate surface area is 186 Å². The lowest BCUT2D eigenvalue weighted by Crippen LogP contribution is -3.05. The van der Waals surface area contributed by atoms with Crippen molar-refractivity contribution in [2.75, 3.05) is 41.4 Å². The molecule has 0 bridgehead atoms. The first-order chi connectivity index (χ1) is 15.3. The molecule has 0 spiro atoms. The average molecular weight is 443 g/mol. The molecule has 0 unspecified atom stereocenters. The standard InChI is InChI=1S/C24H27FN2O5/c1-26(2)12-5-13-27-21(16-8-11-18(31-3)19(14-16)32-4)20(23(29)24(27)30)22(28)15-6-9-17(25)10-7-15/h6-11,14,21,28H,5,12-13H2,1-4H3/p+1/t21-/m0/s1. The van der Waals surface area contributed by atoms with Gasteiger partial charge in [-0.25, -0.2) is 4.39 Å². The van der Waals surface area contributed by atoms with Crippen molar-refractivity contribution in [3.63, 3.8) is 0 Å². The number of quaternary nitrogens is 1. The molecule has 0 radical (unpaired) electrons. The number of halogens is 1. The summed E-state index contributed by atoms with van der Waals surface area (Å²) in [4.78, 5) is 28.7. The highest BCUT2D eigenvalue weighted by atomic mass is 19.1. The lowest BCUT2D eigenvalue weighted by atomic mass is 9.95. The molecule has 7 nitrogen and oxygen atoms in total. The molecule has 1 amide bonds. The molecule has 2 aromatic carbocycles. The summed E-state index contributed by atoms with van der Waals surface area (Å²) in [5.41, 5.74) is 0.821. The van der Waals surface area contributed by atoms with E-state index in [0.717, 1.165) is 6.54 Å². The fourth-order valence-corrected chi connectivity index (χ4v) is 3.85. The van der Waals surface area contributed by atoms with Crippen molar-refractivity contribution >= 4 is 17.4 Å². The van der Waals surface area contributed by atoms with Crippen molar-refractivity contribution in [1.82, 2.24) is 4.90 Å². The van der Waals surface area contributed by atoms with Crippen LogP contribution in [0.2, 0.25) is 0 Å². The van der Waals surface area contributed by atoms with Crippen LogP contribution in [-0.4, -0.2) is 63.1 Å². The van der Waals surface area contributed by atoms with Crippen molar-refractivity contribution in [1.29, 1.82) is 0 Å². The molecule has 1 heterocycles. The zero-order valence-corrected chi connectivity index (χ0v) is 18.6. The average Bonchev–Trinajstić information content (AvgIpc) is 3.03. The second-order valence-corrected chi connectivity index (χ2v) is 7.92. The number of hydrogen-bond acceptors (Lipinski definition) is 5. The summed E-state index contributed by atoms with van der Waals surface area (Å²) in [6.07, 6.45) is 0.676. The van der Waals surface area contributed by atoms with Gasteiger partial charge in [0.1, 0.15) is 11.6 Å². The number of likely N-dealkylation sites (tertiary alicyclic amines) is 1. The third-order valence-electron chi connectivity index (χ3n) is 5.46. The first-order valence-corrected chi connectivity index (χ1v) is 10.3. The quantitative estimate of drug-likeness (QED) is 0.370. The van der Waals surface area contributed by atoms with Crippen molar-refractivity contribution in [3.05, 3.63) is 65.0 Å². The second-order valence-electron chi connectivity index (χ2n) is 7.92. The number of benzene rings is 2. The van der Waals surface area contributed by atoms with Gasteiger partial charge in [-0.15, -0.1) is 0 Å². The van der Waals surface area contributed by atoms with Gasteiger partial charge in [-0.1, -0.05) is 6.07 Å². The van der Waals surface area contributed by atoms with Crippen LogP contribution in [0, 0.1) is 5.82 Å². The number of carbonyl (C=O) groups excluding carboxylic acids is 2. The Morgan fingerprint density at radius 2 is 1.72 bits per heavy atom. The summed E-state index contributed by atoms with van der Waals surface area (Å²) >= 11 is 0. The largest absolute Gasteiger partial charge is 0.507 e. The van der Waals surface area contributed by atoms with E-state index in [1.54, 1.807) is 18.2 Å². The molecule has 170 valence electrons. The van der Waals surface area contributed by atoms with Gasteiger partial charge in [0.15, 0.2) is 11.5 Å². The van der Waals surface area contributed by atoms with Gasteiger partial charge in [-0.05, 0) is 42.0 Å². The van der Waals surface area contributed by atoms with Crippen LogP contribution in [0.4, 0.5) is 4.39 Å². The summed E-state index contributed by atoms with van der Waals surface area (Å²) in [5, 5.41) is 11.0. The molecule has 1 saturated heterocycles. The predicted molar refractivity (Wildman–Crippen MR) is 117 cm³/mol. The number of ether oxygens (including phenoxy) is 2. The molecule has 2 aromatic rings. The maximum atomic E-state index is 13.4. The van der Waals surface area contributed by atoms with Crippen LogP contribution in [0.3, 0.4) is 0 Å². The van der Waals surface area contributed by atoms with Crippen LogP contribution >= 0.6 is 0 Å². The third kappa shape index (κ3) is 4.60. The van der Waals surface area contributed by atoms with E-state index in [-0.39, 0.29) is 16.9 Å². The van der Waals surface area contributed by atoms with Crippen LogP contribution in [0.15, 0.2) is 48.0 Å². The maximum Gasteiger partial charge on any atom is 0.295 e. The molecule has 32 heavy (non-hydrogen) atoms. The molecule has 1 aliphatic heterocycles. The van der Waals surface area contributed by atoms with E-state index in [0.29, 0.717) is 30.0 Å². The van der Waals surface area contributed by atoms with Gasteiger partial charge in [-0.3, -0.25) is 9.59 Å². The smallest absolute Gasteiger partial charge is 0.295 e. The highest BCUT2D eigenvalue weighted by molar-refractivity contribution is 6.46. The summed E-state index contributed by atoms with van der Waals surface area (Å²) in [7, 11) is 7.03. The van der Waals surface area contributed by atoms with E-state index in [1.165, 1.54) is 48.3 Å². The molecule has 1 fully saturated rings. The number of hydrogen-bond donors (Lipinski definition) is 2. The lowest BCUT2D eigenvalue weighted by molar-refractivity contribution is -0.858. The minimum absolute atomic E-state index is 0.0361. The number of ketones is 1. The number of amides is 1. The number of rotatable bonds is 8. The van der Waals surface area contributed by atoms with E-state index >= 15 is 0 Å². The highest BCUT2D eigenvalue weighted by Gasteiger charge is 2.46. The number of carbonyl (C=O) groups is 2. The van der Waals surface area contributed by atoms with Gasteiger partial charge < -0.3 is 24.4 Å². The summed E-state index contributed by atoms with van der Waals surface area (Å²) in [5.74, 6) is -1.32. The number of nitrogens with one attached hydrogen (secondary N) is 1. The molecule has 8 heteroatoms. The summed E-state index contributed by atoms with van der Waals surface area (Å²) < 4.78 is 24.1. The van der Waals surface area contributed by atoms with Crippen LogP contribution in [-0.2, 0) is 9.59 Å². The summed E-state index contributed by atoms with van der Waals surface area (Å²) in [6.45, 7) is 1.15. The molecule has 3 rings (SSSR count). The number of aliphatic hydroxyl groups is 1. The third-order valence-corrected chi connectivity index (χ3v) is 5.46. The number of nitrogens with zero attached hydrogens (tertiary/aromatic N) is 1. The first kappa shape index (κ1) is 23.3. The van der Waals surface area contributed by atoms with E-state index in [2.05, 4.69) is 0 Å². The maximum absolute atomic E-state index is 13.4. The van der Waals surface area contributed by atoms with Crippen LogP contribution in [0.25, 0.3) is 5.76 Å². The second kappa shape index (κ2) is 9.82. The Balaban J connectivity index is 2.13. The van der Waals surface area contributed by atoms with Crippen molar-refractivity contribution in [2.24, 2.45) is 0 Å². The molecule has 0 saturated carbocycles. The topological polar surface area (TPSA) is 80.5 Å². The van der Waals surface area contributed by atoms with Gasteiger partial charge in [0.25, 0.3) is 11.7 Å². The first-order valence-electron chi connectivity index (χ1n) is 10.3. The molecule has 2 N–H and O–H groups in total. The van der Waals surface area contributed by atoms with Gasteiger partial charge in [0.2, 0.25) is 0 Å². The Morgan fingerprint density at radius 3 is 2.31 bits per heavy atom. The molecular formula is C24H28FN2O5+. The normalized spacial score (nSPS) is 17.8. The minimum atomic E-state index is -0.808. The van der Waals surface area contributed by atoms with E-state index in [9.17, 15) is 19.1 Å².